The van der Waals surface area contributed by atoms with Crippen LogP contribution in [0.1, 0.15) is 49.2 Å². The summed E-state index contributed by atoms with van der Waals surface area (Å²) in [5, 5.41) is 6.17. The number of carbonyl (C=O) groups excluding carboxylic acids is 2. The Morgan fingerprint density at radius 2 is 2.10 bits per heavy atom. The van der Waals surface area contributed by atoms with Gasteiger partial charge in [-0.25, -0.2) is 8.78 Å². The summed E-state index contributed by atoms with van der Waals surface area (Å²) in [7, 11) is 1.39. The Morgan fingerprint density at radius 3 is 2.75 bits per heavy atom. The van der Waals surface area contributed by atoms with E-state index in [2.05, 4.69) is 39.4 Å². The quantitative estimate of drug-likeness (QED) is 0.187. The summed E-state index contributed by atoms with van der Waals surface area (Å²) in [5.41, 5.74) is 3.64. The molecule has 40 heavy (non-hydrogen) atoms. The van der Waals surface area contributed by atoms with Gasteiger partial charge in [0.1, 0.15) is 18.1 Å². The van der Waals surface area contributed by atoms with Crippen LogP contribution in [-0.2, 0) is 9.53 Å². The maximum absolute atomic E-state index is 13.5. The number of nitrogens with zero attached hydrogens (tertiary/aromatic N) is 3. The van der Waals surface area contributed by atoms with E-state index in [-0.39, 0.29) is 40.6 Å². The van der Waals surface area contributed by atoms with Crippen molar-refractivity contribution in [2.75, 3.05) is 37.6 Å². The summed E-state index contributed by atoms with van der Waals surface area (Å²) >= 11 is 1.33. The Labute approximate surface area is 237 Å². The molecule has 1 aromatic carbocycles. The van der Waals surface area contributed by atoms with Crippen LogP contribution < -0.4 is 20.4 Å². The molecule has 4 rings (SSSR count). The number of aromatic nitrogens is 1. The third-order valence-corrected chi connectivity index (χ3v) is 6.72. The molecule has 1 aromatic heterocycles. The number of alkyl halides is 2. The molecule has 1 aliphatic carbocycles. The van der Waals surface area contributed by atoms with E-state index < -0.39 is 18.0 Å². The number of methoxy groups -OCH3 is 1. The van der Waals surface area contributed by atoms with Gasteiger partial charge in [-0.3, -0.25) is 20.0 Å². The van der Waals surface area contributed by atoms with Crippen LogP contribution in [0.5, 0.6) is 5.75 Å². The number of benzene rings is 1. The number of anilines is 1. The van der Waals surface area contributed by atoms with Crippen molar-refractivity contribution in [3.8, 4) is 28.7 Å². The molecule has 1 atom stereocenters. The average molecular weight is 574 g/mol. The second-order valence-corrected chi connectivity index (χ2v) is 9.58. The van der Waals surface area contributed by atoms with Crippen molar-refractivity contribution in [1.82, 2.24) is 15.7 Å². The number of amides is 2. The van der Waals surface area contributed by atoms with Crippen LogP contribution in [0.25, 0.3) is 11.1 Å². The lowest BCUT2D eigenvalue weighted by Crippen LogP contribution is -2.41. The molecule has 2 fully saturated rings. The highest BCUT2D eigenvalue weighted by Crippen LogP contribution is 2.37. The first-order valence-electron chi connectivity index (χ1n) is 12.9. The molecule has 2 aromatic rings. The molecule has 9 nitrogen and oxygen atoms in total. The second-order valence-electron chi connectivity index (χ2n) is 8.49. The molecule has 1 saturated heterocycles. The molecule has 0 bridgehead atoms. The lowest BCUT2D eigenvalue weighted by molar-refractivity contribution is -0.125. The zero-order chi connectivity index (χ0) is 29.1. The minimum atomic E-state index is -2.82. The number of nitrogens with one attached hydrogen (secondary N) is 2. The molecule has 2 aliphatic rings. The number of pyridine rings is 1. The maximum Gasteiger partial charge on any atom is 0.280 e. The number of rotatable bonds is 10. The molecule has 2 N–H and O–H groups in total. The van der Waals surface area contributed by atoms with Gasteiger partial charge in [-0.2, -0.15) is 5.10 Å². The van der Waals surface area contributed by atoms with Crippen LogP contribution >= 0.6 is 11.8 Å². The number of carbonyl (C=O) groups is 2. The zero-order valence-electron chi connectivity index (χ0n) is 22.7. The number of hydrazone groups is 1. The predicted molar refractivity (Wildman–Crippen MR) is 153 cm³/mol. The maximum atomic E-state index is 13.5. The summed E-state index contributed by atoms with van der Waals surface area (Å²) < 4.78 is 37.6. The van der Waals surface area contributed by atoms with Gasteiger partial charge >= 0.3 is 0 Å². The third kappa shape index (κ3) is 8.16. The second kappa shape index (κ2) is 15.2. The molecule has 12 heteroatoms. The lowest BCUT2D eigenvalue weighted by Gasteiger charge is -2.27. The van der Waals surface area contributed by atoms with Crippen molar-refractivity contribution < 1.29 is 27.8 Å². The van der Waals surface area contributed by atoms with Crippen molar-refractivity contribution in [1.29, 1.82) is 0 Å². The van der Waals surface area contributed by atoms with E-state index in [9.17, 15) is 18.4 Å². The fourth-order valence-electron chi connectivity index (χ4n) is 3.76. The summed E-state index contributed by atoms with van der Waals surface area (Å²) in [6.07, 6.45) is 0.543. The fraction of sp³-hybridized carbons (Fsp3) is 0.429. The SMILES string of the molecule is C=NNC(C#CC1CC1)SCNC(=O)c1ccc(N2CCOCC2=O)cc1-c1cc(C(F)F)ncc1OC.CC. The fourth-order valence-corrected chi connectivity index (χ4v) is 4.45. The van der Waals surface area contributed by atoms with Crippen LogP contribution in [0.2, 0.25) is 0 Å². The number of morpholine rings is 1. The Morgan fingerprint density at radius 1 is 1.32 bits per heavy atom. The first-order valence-corrected chi connectivity index (χ1v) is 13.9. The Kier molecular flexibility index (Phi) is 11.7. The van der Waals surface area contributed by atoms with Gasteiger partial charge in [-0.1, -0.05) is 25.7 Å². The summed E-state index contributed by atoms with van der Waals surface area (Å²) in [4.78, 5) is 31.0. The van der Waals surface area contributed by atoms with Crippen molar-refractivity contribution >= 4 is 36.0 Å². The average Bonchev–Trinajstić information content (AvgIpc) is 3.81. The number of ether oxygens (including phenoxy) is 2. The lowest BCUT2D eigenvalue weighted by atomic mass is 9.97. The van der Waals surface area contributed by atoms with E-state index in [1.54, 1.807) is 18.2 Å². The molecule has 2 heterocycles. The number of halogens is 2. The van der Waals surface area contributed by atoms with Crippen molar-refractivity contribution in [3.63, 3.8) is 0 Å². The van der Waals surface area contributed by atoms with Gasteiger partial charge in [0, 0.05) is 41.6 Å². The summed E-state index contributed by atoms with van der Waals surface area (Å²) in [6.45, 7) is 8.04. The smallest absolute Gasteiger partial charge is 0.280 e. The molecular weight excluding hydrogens is 540 g/mol. The van der Waals surface area contributed by atoms with Crippen molar-refractivity contribution in [3.05, 3.63) is 41.7 Å². The van der Waals surface area contributed by atoms with Gasteiger partial charge in [0.15, 0.2) is 5.37 Å². The Balaban J connectivity index is 0.00000216. The van der Waals surface area contributed by atoms with E-state index in [4.69, 9.17) is 9.47 Å². The minimum absolute atomic E-state index is 0.0681. The van der Waals surface area contributed by atoms with Crippen LogP contribution in [0, 0.1) is 17.8 Å². The number of thioether (sulfide) groups is 1. The normalized spacial score (nSPS) is 15.2. The van der Waals surface area contributed by atoms with Gasteiger partial charge in [0.25, 0.3) is 18.2 Å². The molecule has 1 saturated carbocycles. The van der Waals surface area contributed by atoms with E-state index in [1.165, 1.54) is 36.0 Å². The Hall–Kier alpha value is -3.69. The van der Waals surface area contributed by atoms with Crippen LogP contribution in [0.3, 0.4) is 0 Å². The highest BCUT2D eigenvalue weighted by Gasteiger charge is 2.25. The first-order chi connectivity index (χ1) is 19.4. The first kappa shape index (κ1) is 30.8. The van der Waals surface area contributed by atoms with Gasteiger partial charge in [-0.05, 0) is 37.1 Å². The van der Waals surface area contributed by atoms with Crippen molar-refractivity contribution in [2.24, 2.45) is 11.0 Å². The van der Waals surface area contributed by atoms with Crippen LogP contribution in [0.4, 0.5) is 14.5 Å². The van der Waals surface area contributed by atoms with Crippen molar-refractivity contribution in [2.45, 2.75) is 38.5 Å². The molecule has 2 amide bonds. The highest BCUT2D eigenvalue weighted by molar-refractivity contribution is 8.00. The van der Waals surface area contributed by atoms with Crippen LogP contribution in [0.15, 0.2) is 35.6 Å². The predicted octanol–water partition coefficient (Wildman–Crippen LogP) is 4.45. The zero-order valence-corrected chi connectivity index (χ0v) is 23.5. The van der Waals surface area contributed by atoms with E-state index in [0.29, 0.717) is 30.3 Å². The van der Waals surface area contributed by atoms with Gasteiger partial charge in [-0.15, -0.1) is 11.8 Å². The van der Waals surface area contributed by atoms with Gasteiger partial charge < -0.3 is 19.7 Å². The van der Waals surface area contributed by atoms with E-state index in [1.807, 2.05) is 13.8 Å². The molecule has 0 spiro atoms. The third-order valence-electron chi connectivity index (χ3n) is 5.85. The molecule has 1 aliphatic heterocycles. The highest BCUT2D eigenvalue weighted by atomic mass is 32.2. The summed E-state index contributed by atoms with van der Waals surface area (Å²) in [5.74, 6) is 6.38. The minimum Gasteiger partial charge on any atom is -0.494 e. The Bertz CT molecular complexity index is 1260. The number of hydrogen-bond acceptors (Lipinski definition) is 8. The monoisotopic (exact) mass is 573 g/mol. The van der Waals surface area contributed by atoms with Gasteiger partial charge in [0.05, 0.1) is 25.8 Å². The topological polar surface area (TPSA) is 105 Å². The standard InChI is InChI=1S/C26H27F2N5O4S.C2H6/c1-29-32-23(8-5-16-3-4-16)38-15-31-26(35)18-7-6-17(33-9-10-37-14-24(33)34)11-19(18)20-12-21(25(27)28)30-13-22(20)36-2;1-2/h6-7,11-13,16,23,25,32H,1,3-4,9-10,14-15H2,2H3,(H,31,35);1-2H3. The largest absolute Gasteiger partial charge is 0.494 e. The molecular formula is C28H33F2N5O4S. The van der Waals surface area contributed by atoms with Crippen LogP contribution in [-0.4, -0.2) is 61.6 Å². The summed E-state index contributed by atoms with van der Waals surface area (Å²) in [6, 6.07) is 6.01. The van der Waals surface area contributed by atoms with E-state index in [0.717, 1.165) is 12.8 Å². The molecule has 0 radical (unpaired) electrons. The molecule has 214 valence electrons. The molecule has 1 unspecified atom stereocenters. The van der Waals surface area contributed by atoms with E-state index >= 15 is 0 Å². The van der Waals surface area contributed by atoms with Gasteiger partial charge in [0.2, 0.25) is 0 Å². The number of hydrogen-bond donors (Lipinski definition) is 2.